The van der Waals surface area contributed by atoms with Crippen molar-refractivity contribution in [3.8, 4) is 0 Å². The third-order valence-electron chi connectivity index (χ3n) is 2.52. The first-order valence-electron chi connectivity index (χ1n) is 6.19. The fourth-order valence-corrected chi connectivity index (χ4v) is 1.49. The molecule has 1 rings (SSSR count). The van der Waals surface area contributed by atoms with Crippen LogP contribution in [0, 0.1) is 0 Å². The third-order valence-corrected chi connectivity index (χ3v) is 2.52. The monoisotopic (exact) mass is 290 g/mol. The van der Waals surface area contributed by atoms with E-state index < -0.39 is 17.6 Å². The summed E-state index contributed by atoms with van der Waals surface area (Å²) in [6.45, 7) is 2.24. The van der Waals surface area contributed by atoms with Gasteiger partial charge in [-0.3, -0.25) is 4.79 Å². The Labute approximate surface area is 115 Å². The highest BCUT2D eigenvalue weighted by Gasteiger charge is 2.33. The van der Waals surface area contributed by atoms with E-state index in [1.54, 1.807) is 0 Å². The fraction of sp³-hybridized carbons (Fsp3) is 0.462. The third kappa shape index (κ3) is 5.08. The van der Waals surface area contributed by atoms with Gasteiger partial charge in [0, 0.05) is 18.0 Å². The van der Waals surface area contributed by atoms with Crippen LogP contribution in [0.25, 0.3) is 0 Å². The number of nitrogens with two attached hydrogens (primary N) is 1. The molecule has 20 heavy (non-hydrogen) atoms. The molecule has 7 heteroatoms. The summed E-state index contributed by atoms with van der Waals surface area (Å²) >= 11 is 0. The largest absolute Gasteiger partial charge is 0.418 e. The molecule has 0 aromatic heterocycles. The number of nitrogens with one attached hydrogen (secondary N) is 1. The van der Waals surface area contributed by atoms with E-state index in [2.05, 4.69) is 5.32 Å². The van der Waals surface area contributed by atoms with Crippen molar-refractivity contribution in [2.75, 3.05) is 24.3 Å². The number of hydrogen-bond acceptors (Lipinski definition) is 3. The molecule has 1 aromatic carbocycles. The maximum Gasteiger partial charge on any atom is 0.418 e. The van der Waals surface area contributed by atoms with Gasteiger partial charge in [0.1, 0.15) is 6.61 Å². The summed E-state index contributed by atoms with van der Waals surface area (Å²) in [6, 6.07) is 3.23. The van der Waals surface area contributed by atoms with Gasteiger partial charge in [0.2, 0.25) is 5.91 Å². The molecule has 0 aliphatic heterocycles. The Kier molecular flexibility index (Phi) is 5.82. The molecule has 0 aliphatic rings. The summed E-state index contributed by atoms with van der Waals surface area (Å²) in [6.07, 6.45) is -2.79. The number of rotatable bonds is 6. The molecule has 0 saturated carbocycles. The first-order chi connectivity index (χ1) is 9.34. The minimum atomic E-state index is -4.55. The number of benzene rings is 1. The van der Waals surface area contributed by atoms with Gasteiger partial charge in [0.25, 0.3) is 0 Å². The van der Waals surface area contributed by atoms with Gasteiger partial charge in [0.05, 0.1) is 5.56 Å². The first-order valence-corrected chi connectivity index (χ1v) is 6.19. The van der Waals surface area contributed by atoms with Crippen molar-refractivity contribution in [3.63, 3.8) is 0 Å². The minimum Gasteiger partial charge on any atom is -0.398 e. The highest BCUT2D eigenvalue weighted by atomic mass is 19.4. The maximum absolute atomic E-state index is 12.6. The SMILES string of the molecule is CCCCOCC(=O)Nc1ccc(N)c(C(F)(F)F)c1. The number of unbranched alkanes of at least 4 members (excludes halogenated alkanes) is 1. The van der Waals surface area contributed by atoms with E-state index in [-0.39, 0.29) is 18.0 Å². The van der Waals surface area contributed by atoms with E-state index in [1.165, 1.54) is 6.07 Å². The number of anilines is 2. The molecule has 0 fully saturated rings. The first kappa shape index (κ1) is 16.3. The quantitative estimate of drug-likeness (QED) is 0.625. The molecule has 0 bridgehead atoms. The van der Waals surface area contributed by atoms with Crippen molar-refractivity contribution >= 4 is 17.3 Å². The van der Waals surface area contributed by atoms with E-state index >= 15 is 0 Å². The summed E-state index contributed by atoms with van der Waals surface area (Å²) in [5.74, 6) is -0.501. The number of ether oxygens (including phenoxy) is 1. The fourth-order valence-electron chi connectivity index (χ4n) is 1.49. The van der Waals surface area contributed by atoms with Gasteiger partial charge in [-0.05, 0) is 24.6 Å². The average molecular weight is 290 g/mol. The molecule has 0 radical (unpaired) electrons. The molecule has 0 unspecified atom stereocenters. The number of amides is 1. The lowest BCUT2D eigenvalue weighted by molar-refractivity contribution is -0.137. The summed E-state index contributed by atoms with van der Waals surface area (Å²) in [5, 5.41) is 2.34. The Balaban J connectivity index is 2.62. The van der Waals surface area contributed by atoms with Gasteiger partial charge >= 0.3 is 6.18 Å². The van der Waals surface area contributed by atoms with Crippen LogP contribution in [0.15, 0.2) is 18.2 Å². The van der Waals surface area contributed by atoms with Crippen molar-refractivity contribution in [2.45, 2.75) is 25.9 Å². The molecule has 1 amide bonds. The van der Waals surface area contributed by atoms with Crippen LogP contribution in [0.3, 0.4) is 0 Å². The highest BCUT2D eigenvalue weighted by molar-refractivity contribution is 5.92. The number of halogens is 3. The predicted octanol–water partition coefficient (Wildman–Crippen LogP) is 3.04. The normalized spacial score (nSPS) is 11.4. The van der Waals surface area contributed by atoms with Crippen LogP contribution in [0.5, 0.6) is 0 Å². The van der Waals surface area contributed by atoms with E-state index in [0.717, 1.165) is 25.0 Å². The standard InChI is InChI=1S/C13H17F3N2O2/c1-2-3-6-20-8-12(19)18-9-4-5-11(17)10(7-9)13(14,15)16/h4-5,7H,2-3,6,8,17H2,1H3,(H,18,19). The Hall–Kier alpha value is -1.76. The van der Waals surface area contributed by atoms with Crippen LogP contribution >= 0.6 is 0 Å². The molecule has 1 aromatic rings. The molecule has 112 valence electrons. The lowest BCUT2D eigenvalue weighted by atomic mass is 10.1. The zero-order valence-corrected chi connectivity index (χ0v) is 11.1. The van der Waals surface area contributed by atoms with Gasteiger partial charge in [0.15, 0.2) is 0 Å². The topological polar surface area (TPSA) is 64.3 Å². The number of hydrogen-bond donors (Lipinski definition) is 2. The van der Waals surface area contributed by atoms with Gasteiger partial charge in [-0.2, -0.15) is 13.2 Å². The van der Waals surface area contributed by atoms with Crippen LogP contribution in [-0.4, -0.2) is 19.1 Å². The van der Waals surface area contributed by atoms with E-state index in [4.69, 9.17) is 10.5 Å². The van der Waals surface area contributed by atoms with E-state index in [1.807, 2.05) is 6.92 Å². The van der Waals surface area contributed by atoms with Crippen LogP contribution < -0.4 is 11.1 Å². The summed E-state index contributed by atoms with van der Waals surface area (Å²) < 4.78 is 43.0. The Morgan fingerprint density at radius 3 is 2.70 bits per heavy atom. The second-order valence-electron chi connectivity index (χ2n) is 4.25. The molecular formula is C13H17F3N2O2. The van der Waals surface area contributed by atoms with Crippen molar-refractivity contribution in [2.24, 2.45) is 0 Å². The highest BCUT2D eigenvalue weighted by Crippen LogP contribution is 2.35. The number of carbonyl (C=O) groups excluding carboxylic acids is 1. The van der Waals surface area contributed by atoms with Gasteiger partial charge in [-0.25, -0.2) is 0 Å². The van der Waals surface area contributed by atoms with Crippen molar-refractivity contribution in [1.29, 1.82) is 0 Å². The van der Waals surface area contributed by atoms with Crippen LogP contribution in [0.4, 0.5) is 24.5 Å². The zero-order chi connectivity index (χ0) is 15.2. The summed E-state index contributed by atoms with van der Waals surface area (Å²) in [5.41, 5.74) is 3.95. The van der Waals surface area contributed by atoms with E-state index in [0.29, 0.717) is 6.61 Å². The van der Waals surface area contributed by atoms with Crippen molar-refractivity contribution in [3.05, 3.63) is 23.8 Å². The molecule has 4 nitrogen and oxygen atoms in total. The van der Waals surface area contributed by atoms with Gasteiger partial charge in [-0.1, -0.05) is 13.3 Å². The van der Waals surface area contributed by atoms with Gasteiger partial charge in [-0.15, -0.1) is 0 Å². The van der Waals surface area contributed by atoms with Crippen LogP contribution in [0.1, 0.15) is 25.3 Å². The molecule has 0 atom stereocenters. The van der Waals surface area contributed by atoms with Crippen molar-refractivity contribution < 1.29 is 22.7 Å². The lowest BCUT2D eigenvalue weighted by Gasteiger charge is -2.12. The second-order valence-corrected chi connectivity index (χ2v) is 4.25. The Bertz CT molecular complexity index is 461. The lowest BCUT2D eigenvalue weighted by Crippen LogP contribution is -2.19. The summed E-state index contributed by atoms with van der Waals surface area (Å²) in [7, 11) is 0. The predicted molar refractivity (Wildman–Crippen MR) is 70.2 cm³/mol. The molecule has 0 spiro atoms. The molecule has 3 N–H and O–H groups in total. The Morgan fingerprint density at radius 1 is 1.40 bits per heavy atom. The maximum atomic E-state index is 12.6. The van der Waals surface area contributed by atoms with Gasteiger partial charge < -0.3 is 15.8 Å². The zero-order valence-electron chi connectivity index (χ0n) is 11.1. The number of alkyl halides is 3. The summed E-state index contributed by atoms with van der Waals surface area (Å²) in [4.78, 5) is 11.5. The molecule has 0 saturated heterocycles. The molecule has 0 heterocycles. The number of carbonyl (C=O) groups is 1. The number of nitrogen functional groups attached to an aromatic ring is 1. The van der Waals surface area contributed by atoms with E-state index in [9.17, 15) is 18.0 Å². The smallest absolute Gasteiger partial charge is 0.398 e. The van der Waals surface area contributed by atoms with Crippen LogP contribution in [-0.2, 0) is 15.7 Å². The molecule has 0 aliphatic carbocycles. The second kappa shape index (κ2) is 7.14. The van der Waals surface area contributed by atoms with Crippen LogP contribution in [0.2, 0.25) is 0 Å². The average Bonchev–Trinajstić information content (AvgIpc) is 2.36. The minimum absolute atomic E-state index is 0.0376. The molecular weight excluding hydrogens is 273 g/mol. The Morgan fingerprint density at radius 2 is 2.10 bits per heavy atom. The van der Waals surface area contributed by atoms with Crippen molar-refractivity contribution in [1.82, 2.24) is 0 Å².